The third kappa shape index (κ3) is 14.1. The van der Waals surface area contributed by atoms with Crippen molar-refractivity contribution in [1.82, 2.24) is 0 Å². The van der Waals surface area contributed by atoms with Crippen molar-refractivity contribution in [2.45, 2.75) is 39.5 Å². The maximum atomic E-state index is 10.5. The van der Waals surface area contributed by atoms with Crippen molar-refractivity contribution in [3.63, 3.8) is 0 Å². The highest BCUT2D eigenvalue weighted by Gasteiger charge is 2.13. The molecule has 0 unspecified atom stereocenters. The molecule has 0 aliphatic carbocycles. The van der Waals surface area contributed by atoms with Gasteiger partial charge in [-0.05, 0) is 12.8 Å². The van der Waals surface area contributed by atoms with E-state index in [9.17, 15) is 14.4 Å². The van der Waals surface area contributed by atoms with Crippen molar-refractivity contribution in [3.05, 3.63) is 12.2 Å². The van der Waals surface area contributed by atoms with Crippen LogP contribution >= 0.6 is 0 Å². The topological polar surface area (TPSA) is 112 Å². The monoisotopic (exact) mass is 260 g/mol. The highest BCUT2D eigenvalue weighted by molar-refractivity contribution is 5.89. The number of carboxylic acids is 3. The van der Waals surface area contributed by atoms with E-state index in [1.54, 1.807) is 0 Å². The van der Waals surface area contributed by atoms with Gasteiger partial charge in [0.15, 0.2) is 0 Å². The Kier molecular flexibility index (Phi) is 12.0. The van der Waals surface area contributed by atoms with Gasteiger partial charge in [0.05, 0.1) is 5.92 Å². The summed E-state index contributed by atoms with van der Waals surface area (Å²) in [6.45, 7) is 4.04. The molecule has 0 aliphatic heterocycles. The van der Waals surface area contributed by atoms with Gasteiger partial charge in [-0.25, -0.2) is 9.59 Å². The summed E-state index contributed by atoms with van der Waals surface area (Å²) >= 11 is 0. The summed E-state index contributed by atoms with van der Waals surface area (Å²) in [6, 6.07) is 0. The fourth-order valence-electron chi connectivity index (χ4n) is 1.23. The fraction of sp³-hybridized carbons (Fsp3) is 0.583. The van der Waals surface area contributed by atoms with E-state index in [1.165, 1.54) is 0 Å². The lowest BCUT2D eigenvalue weighted by atomic mass is 9.99. The van der Waals surface area contributed by atoms with Crippen LogP contribution in [0.5, 0.6) is 0 Å². The largest absolute Gasteiger partial charge is 0.481 e. The molecule has 0 aliphatic rings. The van der Waals surface area contributed by atoms with Gasteiger partial charge in [0.25, 0.3) is 0 Å². The SMILES string of the molecule is CCCC(CCC)C(=O)O.O=C(O)/C=C/C(=O)O. The first-order valence-electron chi connectivity index (χ1n) is 5.71. The van der Waals surface area contributed by atoms with Gasteiger partial charge in [-0.2, -0.15) is 0 Å². The molecule has 0 heterocycles. The lowest BCUT2D eigenvalue weighted by Crippen LogP contribution is -2.12. The van der Waals surface area contributed by atoms with Crippen LogP contribution in [0.15, 0.2) is 12.2 Å². The third-order valence-corrected chi connectivity index (χ3v) is 1.99. The van der Waals surface area contributed by atoms with Crippen molar-refractivity contribution >= 4 is 17.9 Å². The van der Waals surface area contributed by atoms with Crippen LogP contribution < -0.4 is 0 Å². The lowest BCUT2D eigenvalue weighted by molar-refractivity contribution is -0.142. The Balaban J connectivity index is 0. The van der Waals surface area contributed by atoms with E-state index in [-0.39, 0.29) is 5.92 Å². The molecule has 0 aromatic carbocycles. The summed E-state index contributed by atoms with van der Waals surface area (Å²) in [4.78, 5) is 29.6. The standard InChI is InChI=1S/C8H16O2.C4H4O4/c1-3-5-7(6-4-2)8(9)10;5-3(6)1-2-4(7)8/h7H,3-6H2,1-2H3,(H,9,10);1-2H,(H,5,6)(H,7,8)/b;2-1+. The molecule has 104 valence electrons. The minimum Gasteiger partial charge on any atom is -0.481 e. The van der Waals surface area contributed by atoms with Gasteiger partial charge in [-0.1, -0.05) is 26.7 Å². The molecule has 0 fully saturated rings. The third-order valence-electron chi connectivity index (χ3n) is 1.99. The van der Waals surface area contributed by atoms with Crippen LogP contribution in [0.1, 0.15) is 39.5 Å². The van der Waals surface area contributed by atoms with Crippen LogP contribution in [0, 0.1) is 5.92 Å². The maximum Gasteiger partial charge on any atom is 0.328 e. The Hall–Kier alpha value is -1.85. The average Bonchev–Trinajstić information content (AvgIpc) is 2.27. The molecule has 0 amide bonds. The van der Waals surface area contributed by atoms with Crippen LogP contribution in [-0.4, -0.2) is 33.2 Å². The van der Waals surface area contributed by atoms with Crippen molar-refractivity contribution in [1.29, 1.82) is 0 Å². The first-order chi connectivity index (χ1) is 8.34. The van der Waals surface area contributed by atoms with Crippen LogP contribution in [-0.2, 0) is 14.4 Å². The van der Waals surface area contributed by atoms with Gasteiger partial charge < -0.3 is 15.3 Å². The van der Waals surface area contributed by atoms with Gasteiger partial charge >= 0.3 is 17.9 Å². The van der Waals surface area contributed by atoms with E-state index >= 15 is 0 Å². The molecule has 18 heavy (non-hydrogen) atoms. The van der Waals surface area contributed by atoms with E-state index in [2.05, 4.69) is 0 Å². The van der Waals surface area contributed by atoms with E-state index in [0.717, 1.165) is 25.7 Å². The van der Waals surface area contributed by atoms with Crippen LogP contribution in [0.3, 0.4) is 0 Å². The van der Waals surface area contributed by atoms with Gasteiger partial charge in [-0.3, -0.25) is 4.79 Å². The lowest BCUT2D eigenvalue weighted by Gasteiger charge is -2.07. The molecule has 0 radical (unpaired) electrons. The van der Waals surface area contributed by atoms with E-state index in [0.29, 0.717) is 12.2 Å². The quantitative estimate of drug-likeness (QED) is 0.603. The molecule has 0 rings (SSSR count). The van der Waals surface area contributed by atoms with Crippen molar-refractivity contribution in [2.24, 2.45) is 5.92 Å². The fourth-order valence-corrected chi connectivity index (χ4v) is 1.23. The summed E-state index contributed by atoms with van der Waals surface area (Å²) in [6.07, 6.45) is 4.70. The first-order valence-corrected chi connectivity index (χ1v) is 5.71. The van der Waals surface area contributed by atoms with Crippen molar-refractivity contribution in [2.75, 3.05) is 0 Å². The summed E-state index contributed by atoms with van der Waals surface area (Å²) in [5.41, 5.74) is 0. The highest BCUT2D eigenvalue weighted by atomic mass is 16.4. The summed E-state index contributed by atoms with van der Waals surface area (Å²) < 4.78 is 0. The predicted molar refractivity (Wildman–Crippen MR) is 65.4 cm³/mol. The number of hydrogen-bond acceptors (Lipinski definition) is 3. The number of hydrogen-bond donors (Lipinski definition) is 3. The molecule has 0 aromatic heterocycles. The second-order valence-electron chi connectivity index (χ2n) is 3.62. The van der Waals surface area contributed by atoms with Crippen LogP contribution in [0.25, 0.3) is 0 Å². The molecule has 6 nitrogen and oxygen atoms in total. The summed E-state index contributed by atoms with van der Waals surface area (Å²) in [5, 5.41) is 24.3. The Bertz CT molecular complexity index is 273. The molecule has 3 N–H and O–H groups in total. The predicted octanol–water partition coefficient (Wildman–Crippen LogP) is 2.00. The van der Waals surface area contributed by atoms with Crippen molar-refractivity contribution in [3.8, 4) is 0 Å². The van der Waals surface area contributed by atoms with Gasteiger partial charge in [0.2, 0.25) is 0 Å². The molecule has 0 aromatic rings. The Morgan fingerprint density at radius 1 is 0.889 bits per heavy atom. The maximum absolute atomic E-state index is 10.5. The molecule has 0 spiro atoms. The van der Waals surface area contributed by atoms with E-state index in [1.807, 2.05) is 13.8 Å². The zero-order valence-corrected chi connectivity index (χ0v) is 10.6. The second kappa shape index (κ2) is 11.6. The van der Waals surface area contributed by atoms with E-state index < -0.39 is 17.9 Å². The zero-order chi connectivity index (χ0) is 14.6. The number of carboxylic acid groups (broad SMARTS) is 3. The summed E-state index contributed by atoms with van der Waals surface area (Å²) in [5.74, 6) is -3.25. The first kappa shape index (κ1) is 18.5. The molecule has 0 saturated carbocycles. The van der Waals surface area contributed by atoms with Gasteiger partial charge in [0.1, 0.15) is 0 Å². The van der Waals surface area contributed by atoms with Crippen LogP contribution in [0.2, 0.25) is 0 Å². The second-order valence-corrected chi connectivity index (χ2v) is 3.62. The number of rotatable bonds is 7. The molecule has 0 saturated heterocycles. The van der Waals surface area contributed by atoms with Gasteiger partial charge in [0, 0.05) is 12.2 Å². The van der Waals surface area contributed by atoms with E-state index in [4.69, 9.17) is 15.3 Å². The molecule has 6 heteroatoms. The normalized spacial score (nSPS) is 9.94. The minimum absolute atomic E-state index is 0.102. The molecule has 0 bridgehead atoms. The smallest absolute Gasteiger partial charge is 0.328 e. The average molecular weight is 260 g/mol. The molecular formula is C12H20O6. The molecule has 0 atom stereocenters. The Morgan fingerprint density at radius 3 is 1.39 bits per heavy atom. The number of aliphatic carboxylic acids is 3. The summed E-state index contributed by atoms with van der Waals surface area (Å²) in [7, 11) is 0. The Morgan fingerprint density at radius 2 is 1.22 bits per heavy atom. The highest BCUT2D eigenvalue weighted by Crippen LogP contribution is 2.12. The van der Waals surface area contributed by atoms with Crippen molar-refractivity contribution < 1.29 is 29.7 Å². The van der Waals surface area contributed by atoms with Crippen LogP contribution in [0.4, 0.5) is 0 Å². The van der Waals surface area contributed by atoms with Gasteiger partial charge in [-0.15, -0.1) is 0 Å². The minimum atomic E-state index is -1.26. The molecular weight excluding hydrogens is 240 g/mol. The zero-order valence-electron chi connectivity index (χ0n) is 10.6. The number of carbonyl (C=O) groups is 3. The Labute approximate surface area is 106 Å².